The van der Waals surface area contributed by atoms with Gasteiger partial charge in [0.2, 0.25) is 0 Å². The number of halogens is 4. The average Bonchev–Trinajstić information content (AvgIpc) is 3.23. The summed E-state index contributed by atoms with van der Waals surface area (Å²) in [5.74, 6) is -0.976. The second kappa shape index (κ2) is 7.35. The zero-order valence-electron chi connectivity index (χ0n) is 16.4. The fraction of sp³-hybridized carbons (Fsp3) is 0.316. The lowest BCUT2D eigenvalue weighted by atomic mass is 10.1. The Morgan fingerprint density at radius 2 is 1.87 bits per heavy atom. The van der Waals surface area contributed by atoms with E-state index < -0.39 is 40.7 Å². The number of ether oxygens (including phenoxy) is 2. The third kappa shape index (κ3) is 4.00. The minimum atomic E-state index is -4.80. The van der Waals surface area contributed by atoms with E-state index in [4.69, 9.17) is 16.3 Å². The molecule has 11 heteroatoms. The molecule has 0 aromatic carbocycles. The van der Waals surface area contributed by atoms with Gasteiger partial charge >= 0.3 is 18.2 Å². The Hall–Kier alpha value is -3.01. The Bertz CT molecular complexity index is 1140. The number of rotatable bonds is 2. The molecule has 0 spiro atoms. The smallest absolute Gasteiger partial charge is 0.420 e. The summed E-state index contributed by atoms with van der Waals surface area (Å²) >= 11 is 6.11. The summed E-state index contributed by atoms with van der Waals surface area (Å²) in [7, 11) is 1.06. The molecule has 0 bridgehead atoms. The lowest BCUT2D eigenvalue weighted by Crippen LogP contribution is -2.27. The van der Waals surface area contributed by atoms with Crippen LogP contribution in [-0.2, 0) is 15.7 Å². The zero-order valence-corrected chi connectivity index (χ0v) is 17.1. The first-order valence-electron chi connectivity index (χ1n) is 8.61. The number of imidazole rings is 1. The lowest BCUT2D eigenvalue weighted by Gasteiger charge is -2.20. The Balaban J connectivity index is 2.24. The molecule has 0 fully saturated rings. The average molecular weight is 444 g/mol. The van der Waals surface area contributed by atoms with E-state index >= 15 is 0 Å². The van der Waals surface area contributed by atoms with Crippen LogP contribution in [0.2, 0.25) is 5.15 Å². The second-order valence-electron chi connectivity index (χ2n) is 7.32. The molecule has 3 aromatic rings. The molecular weight excluding hydrogens is 427 g/mol. The minimum Gasteiger partial charge on any atom is -0.464 e. The molecular formula is C19H17ClF3N3O4. The predicted octanol–water partition coefficient (Wildman–Crippen LogP) is 5.04. The van der Waals surface area contributed by atoms with Crippen molar-refractivity contribution in [3.8, 4) is 11.3 Å². The molecule has 0 amide bonds. The Labute approximate surface area is 174 Å². The summed E-state index contributed by atoms with van der Waals surface area (Å²) in [5.41, 5.74) is -2.80. The van der Waals surface area contributed by atoms with E-state index in [1.807, 2.05) is 0 Å². The molecule has 0 aliphatic heterocycles. The molecule has 30 heavy (non-hydrogen) atoms. The number of hydrogen-bond donors (Lipinski definition) is 0. The number of fused-ring (bicyclic) bond motifs is 1. The molecule has 0 saturated carbocycles. The van der Waals surface area contributed by atoms with Crippen LogP contribution in [0.3, 0.4) is 0 Å². The highest BCUT2D eigenvalue weighted by molar-refractivity contribution is 6.32. The van der Waals surface area contributed by atoms with E-state index in [-0.39, 0.29) is 16.4 Å². The third-order valence-corrected chi connectivity index (χ3v) is 4.34. The quantitative estimate of drug-likeness (QED) is 0.518. The number of carbonyl (C=O) groups excluding carboxylic acids is 2. The van der Waals surface area contributed by atoms with E-state index in [0.29, 0.717) is 0 Å². The molecule has 7 nitrogen and oxygen atoms in total. The highest BCUT2D eigenvalue weighted by atomic mass is 35.5. The van der Waals surface area contributed by atoms with E-state index in [1.165, 1.54) is 24.5 Å². The third-order valence-electron chi connectivity index (χ3n) is 3.98. The molecule has 160 valence electrons. The van der Waals surface area contributed by atoms with Crippen molar-refractivity contribution in [1.82, 2.24) is 14.0 Å². The van der Waals surface area contributed by atoms with Gasteiger partial charge in [-0.15, -0.1) is 0 Å². The molecule has 0 atom stereocenters. The molecule has 0 saturated heterocycles. The van der Waals surface area contributed by atoms with Crippen molar-refractivity contribution in [2.24, 2.45) is 0 Å². The van der Waals surface area contributed by atoms with Gasteiger partial charge < -0.3 is 9.47 Å². The highest BCUT2D eigenvalue weighted by Crippen LogP contribution is 2.37. The van der Waals surface area contributed by atoms with Crippen molar-refractivity contribution < 1.29 is 32.2 Å². The van der Waals surface area contributed by atoms with Crippen LogP contribution in [0.4, 0.5) is 18.0 Å². The normalized spacial score (nSPS) is 12.3. The number of alkyl halides is 3. The van der Waals surface area contributed by atoms with E-state index in [0.717, 1.165) is 22.1 Å². The summed E-state index contributed by atoms with van der Waals surface area (Å²) < 4.78 is 53.0. The first-order chi connectivity index (χ1) is 13.8. The van der Waals surface area contributed by atoms with Gasteiger partial charge in [0.15, 0.2) is 11.3 Å². The number of methoxy groups -OCH3 is 1. The molecule has 0 aliphatic rings. The van der Waals surface area contributed by atoms with Crippen molar-refractivity contribution in [2.45, 2.75) is 32.5 Å². The fourth-order valence-corrected chi connectivity index (χ4v) is 3.03. The Kier molecular flexibility index (Phi) is 5.32. The topological polar surface area (TPSA) is 74.8 Å². The molecule has 0 unspecified atom stereocenters. The van der Waals surface area contributed by atoms with E-state index in [1.54, 1.807) is 20.8 Å². The number of aromatic nitrogens is 3. The van der Waals surface area contributed by atoms with Gasteiger partial charge in [-0.3, -0.25) is 8.97 Å². The van der Waals surface area contributed by atoms with Gasteiger partial charge in [-0.2, -0.15) is 13.2 Å². The monoisotopic (exact) mass is 443 g/mol. The largest absolute Gasteiger partial charge is 0.464 e. The summed E-state index contributed by atoms with van der Waals surface area (Å²) in [6, 6.07) is 3.78. The van der Waals surface area contributed by atoms with Gasteiger partial charge in [0.25, 0.3) is 0 Å². The second-order valence-corrected chi connectivity index (χ2v) is 7.68. The van der Waals surface area contributed by atoms with Gasteiger partial charge in [0.05, 0.1) is 18.4 Å². The maximum Gasteiger partial charge on any atom is 0.420 e. The lowest BCUT2D eigenvalue weighted by molar-refractivity contribution is -0.136. The van der Waals surface area contributed by atoms with Crippen LogP contribution >= 0.6 is 11.6 Å². The van der Waals surface area contributed by atoms with Crippen LogP contribution in [0.15, 0.2) is 30.6 Å². The summed E-state index contributed by atoms with van der Waals surface area (Å²) in [5, 5.41) is -0.348. The van der Waals surface area contributed by atoms with Crippen LogP contribution in [0.25, 0.3) is 16.9 Å². The Morgan fingerprint density at radius 3 is 2.43 bits per heavy atom. The van der Waals surface area contributed by atoms with Crippen molar-refractivity contribution >= 4 is 29.3 Å². The van der Waals surface area contributed by atoms with Crippen LogP contribution in [0.5, 0.6) is 0 Å². The van der Waals surface area contributed by atoms with Gasteiger partial charge in [0.1, 0.15) is 10.8 Å². The van der Waals surface area contributed by atoms with Crippen molar-refractivity contribution in [3.05, 3.63) is 47.0 Å². The van der Waals surface area contributed by atoms with Crippen molar-refractivity contribution in [1.29, 1.82) is 0 Å². The highest BCUT2D eigenvalue weighted by Gasteiger charge is 2.36. The van der Waals surface area contributed by atoms with Gasteiger partial charge in [-0.25, -0.2) is 14.6 Å². The number of pyridine rings is 1. The summed E-state index contributed by atoms with van der Waals surface area (Å²) in [6.45, 7) is 5.00. The van der Waals surface area contributed by atoms with Gasteiger partial charge in [0, 0.05) is 18.0 Å². The Morgan fingerprint density at radius 1 is 1.20 bits per heavy atom. The first-order valence-corrected chi connectivity index (χ1v) is 8.99. The molecule has 3 heterocycles. The van der Waals surface area contributed by atoms with E-state index in [9.17, 15) is 22.8 Å². The van der Waals surface area contributed by atoms with Crippen LogP contribution in [-0.4, -0.2) is 38.7 Å². The number of carbonyl (C=O) groups is 2. The zero-order chi connectivity index (χ0) is 22.4. The number of nitrogens with zero attached hydrogens (tertiary/aromatic N) is 3. The number of esters is 1. The fourth-order valence-electron chi connectivity index (χ4n) is 2.78. The van der Waals surface area contributed by atoms with Crippen LogP contribution < -0.4 is 0 Å². The first kappa shape index (κ1) is 21.7. The van der Waals surface area contributed by atoms with Gasteiger partial charge in [-0.05, 0) is 39.0 Å². The van der Waals surface area contributed by atoms with Gasteiger partial charge in [-0.1, -0.05) is 11.6 Å². The summed E-state index contributed by atoms with van der Waals surface area (Å²) in [4.78, 5) is 28.0. The maximum absolute atomic E-state index is 13.7. The van der Waals surface area contributed by atoms with E-state index in [2.05, 4.69) is 9.72 Å². The van der Waals surface area contributed by atoms with Crippen molar-refractivity contribution in [3.63, 3.8) is 0 Å². The minimum absolute atomic E-state index is 0.0152. The van der Waals surface area contributed by atoms with Crippen molar-refractivity contribution in [2.75, 3.05) is 7.11 Å². The molecule has 3 rings (SSSR count). The molecule has 0 aliphatic carbocycles. The molecule has 0 N–H and O–H groups in total. The SMILES string of the molecule is COC(=O)c1nc2c(C(F)(F)F)cc(-c3cccn3C(=O)OC(C)(C)C)cn2c1Cl. The number of hydrogen-bond acceptors (Lipinski definition) is 5. The molecule has 3 aromatic heterocycles. The standard InChI is InChI=1S/C19H17ClF3N3O4/c1-18(2,3)30-17(28)25-7-5-6-12(25)10-8-11(19(21,22)23)15-24-13(16(27)29-4)14(20)26(15)9-10/h5-9H,1-4H3. The predicted molar refractivity (Wildman–Crippen MR) is 102 cm³/mol. The maximum atomic E-state index is 13.7. The van der Waals surface area contributed by atoms with Crippen LogP contribution in [0, 0.1) is 0 Å². The van der Waals surface area contributed by atoms with Crippen LogP contribution in [0.1, 0.15) is 36.8 Å². The molecule has 0 radical (unpaired) electrons. The summed E-state index contributed by atoms with van der Waals surface area (Å²) in [6.07, 6.45) is -2.94.